The molecule has 2 aromatic rings. The van der Waals surface area contributed by atoms with Crippen LogP contribution in [0.1, 0.15) is 24.0 Å². The molecule has 6 nitrogen and oxygen atoms in total. The molecule has 1 aliphatic rings. The summed E-state index contributed by atoms with van der Waals surface area (Å²) in [6.45, 7) is 1.91. The van der Waals surface area contributed by atoms with E-state index in [1.54, 1.807) is 7.05 Å². The maximum Gasteiger partial charge on any atom is 0.246 e. The molecular formula is C24H25F2N3O3. The smallest absolute Gasteiger partial charge is 0.246 e. The molecule has 3 amide bonds. The zero-order valence-electron chi connectivity index (χ0n) is 17.8. The van der Waals surface area contributed by atoms with E-state index < -0.39 is 35.5 Å². The summed E-state index contributed by atoms with van der Waals surface area (Å²) in [6, 6.07) is 10.4. The summed E-state index contributed by atoms with van der Waals surface area (Å²) in [5, 5.41) is 5.27. The maximum atomic E-state index is 13.3. The molecule has 3 atom stereocenters. The first kappa shape index (κ1) is 23.1. The fourth-order valence-corrected chi connectivity index (χ4v) is 3.62. The Kier molecular flexibility index (Phi) is 7.35. The van der Waals surface area contributed by atoms with E-state index in [-0.39, 0.29) is 23.8 Å². The third-order valence-corrected chi connectivity index (χ3v) is 5.26. The third-order valence-electron chi connectivity index (χ3n) is 5.26. The molecule has 0 bridgehead atoms. The normalized spacial score (nSPS) is 19.2. The predicted molar refractivity (Wildman–Crippen MR) is 116 cm³/mol. The Hall–Kier alpha value is -3.55. The van der Waals surface area contributed by atoms with Crippen LogP contribution in [0.15, 0.2) is 60.7 Å². The first-order chi connectivity index (χ1) is 15.2. The van der Waals surface area contributed by atoms with E-state index in [4.69, 9.17) is 0 Å². The topological polar surface area (TPSA) is 78.5 Å². The number of benzene rings is 2. The van der Waals surface area contributed by atoms with Gasteiger partial charge in [0.1, 0.15) is 23.7 Å². The van der Waals surface area contributed by atoms with Gasteiger partial charge in [-0.1, -0.05) is 42.5 Å². The molecule has 2 aromatic carbocycles. The zero-order valence-corrected chi connectivity index (χ0v) is 17.8. The quantitative estimate of drug-likeness (QED) is 0.676. The fourth-order valence-electron chi connectivity index (χ4n) is 3.62. The first-order valence-corrected chi connectivity index (χ1v) is 10.3. The summed E-state index contributed by atoms with van der Waals surface area (Å²) < 4.78 is 26.7. The summed E-state index contributed by atoms with van der Waals surface area (Å²) in [7, 11) is 1.66. The Bertz CT molecular complexity index is 1010. The molecule has 2 N–H and O–H groups in total. The van der Waals surface area contributed by atoms with Crippen LogP contribution in [0.4, 0.5) is 8.78 Å². The van der Waals surface area contributed by atoms with Crippen molar-refractivity contribution in [2.45, 2.75) is 31.3 Å². The Morgan fingerprint density at radius 2 is 1.78 bits per heavy atom. The van der Waals surface area contributed by atoms with Gasteiger partial charge in [0.05, 0.1) is 6.42 Å². The van der Waals surface area contributed by atoms with Gasteiger partial charge >= 0.3 is 0 Å². The van der Waals surface area contributed by atoms with E-state index in [0.29, 0.717) is 6.54 Å². The Morgan fingerprint density at radius 1 is 1.12 bits per heavy atom. The molecular weight excluding hydrogens is 416 g/mol. The average molecular weight is 441 g/mol. The van der Waals surface area contributed by atoms with Gasteiger partial charge in [0.2, 0.25) is 17.7 Å². The number of carbonyl (C=O) groups excluding carboxylic acids is 3. The highest BCUT2D eigenvalue weighted by Crippen LogP contribution is 2.25. The van der Waals surface area contributed by atoms with Crippen LogP contribution < -0.4 is 10.6 Å². The Balaban J connectivity index is 1.69. The van der Waals surface area contributed by atoms with Gasteiger partial charge in [-0.2, -0.15) is 0 Å². The lowest BCUT2D eigenvalue weighted by Crippen LogP contribution is -2.54. The molecule has 1 heterocycles. The van der Waals surface area contributed by atoms with Gasteiger partial charge in [-0.15, -0.1) is 0 Å². The van der Waals surface area contributed by atoms with E-state index in [1.165, 1.54) is 11.8 Å². The van der Waals surface area contributed by atoms with Gasteiger partial charge in [-0.3, -0.25) is 14.4 Å². The number of hydrogen-bond donors (Lipinski definition) is 2. The SMILES string of the molecule is C[C@H](NC(=O)Cc1cc(F)cc(F)c1)C(=O)N[C@@H]1C(=O)N(C)CC=C[C@H]1c1ccccc1. The molecule has 0 radical (unpaired) electrons. The van der Waals surface area contributed by atoms with Gasteiger partial charge in [-0.25, -0.2) is 8.78 Å². The van der Waals surface area contributed by atoms with Crippen LogP contribution >= 0.6 is 0 Å². The molecule has 0 saturated heterocycles. The molecule has 3 rings (SSSR count). The highest BCUT2D eigenvalue weighted by atomic mass is 19.1. The second-order valence-corrected chi connectivity index (χ2v) is 7.81. The molecule has 0 saturated carbocycles. The Labute approximate surface area is 185 Å². The van der Waals surface area contributed by atoms with Gasteiger partial charge in [0.25, 0.3) is 0 Å². The highest BCUT2D eigenvalue weighted by Gasteiger charge is 2.34. The molecule has 32 heavy (non-hydrogen) atoms. The van der Waals surface area contributed by atoms with Crippen LogP contribution in [0.5, 0.6) is 0 Å². The lowest BCUT2D eigenvalue weighted by Gasteiger charge is -2.28. The van der Waals surface area contributed by atoms with E-state index in [1.807, 2.05) is 42.5 Å². The number of halogens is 2. The van der Waals surface area contributed by atoms with Gasteiger partial charge < -0.3 is 15.5 Å². The molecule has 0 aliphatic carbocycles. The van der Waals surface area contributed by atoms with E-state index in [9.17, 15) is 23.2 Å². The number of nitrogens with one attached hydrogen (secondary N) is 2. The lowest BCUT2D eigenvalue weighted by atomic mass is 9.90. The van der Waals surface area contributed by atoms with Crippen LogP contribution in [0.2, 0.25) is 0 Å². The van der Waals surface area contributed by atoms with Crippen LogP contribution in [0.25, 0.3) is 0 Å². The van der Waals surface area contributed by atoms with E-state index >= 15 is 0 Å². The summed E-state index contributed by atoms with van der Waals surface area (Å²) in [5.41, 5.74) is 1.03. The summed E-state index contributed by atoms with van der Waals surface area (Å²) in [6.07, 6.45) is 3.49. The number of carbonyl (C=O) groups is 3. The molecule has 0 aromatic heterocycles. The van der Waals surface area contributed by atoms with Crippen molar-refractivity contribution < 1.29 is 23.2 Å². The van der Waals surface area contributed by atoms with Crippen molar-refractivity contribution in [2.75, 3.05) is 13.6 Å². The molecule has 1 aliphatic heterocycles. The van der Waals surface area contributed by atoms with Gasteiger partial charge in [-0.05, 0) is 30.2 Å². The summed E-state index contributed by atoms with van der Waals surface area (Å²) in [4.78, 5) is 39.5. The number of rotatable bonds is 6. The molecule has 168 valence electrons. The minimum Gasteiger partial charge on any atom is -0.344 e. The summed E-state index contributed by atoms with van der Waals surface area (Å²) in [5.74, 6) is -3.28. The third kappa shape index (κ3) is 5.78. The fraction of sp³-hybridized carbons (Fsp3) is 0.292. The lowest BCUT2D eigenvalue weighted by molar-refractivity contribution is -0.136. The van der Waals surface area contributed by atoms with Crippen molar-refractivity contribution in [1.82, 2.24) is 15.5 Å². The second-order valence-electron chi connectivity index (χ2n) is 7.81. The molecule has 0 fully saturated rings. The minimum absolute atomic E-state index is 0.155. The van der Waals surface area contributed by atoms with Crippen molar-refractivity contribution in [1.29, 1.82) is 0 Å². The Morgan fingerprint density at radius 3 is 2.44 bits per heavy atom. The standard InChI is InChI=1S/C24H25F2N3O3/c1-15(27-21(30)13-16-11-18(25)14-19(26)12-16)23(31)28-22-20(17-7-4-3-5-8-17)9-6-10-29(2)24(22)32/h3-9,11-12,14-15,20,22H,10,13H2,1-2H3,(H,27,30)(H,28,31)/t15-,20-,22-/m0/s1. The van der Waals surface area contributed by atoms with Crippen molar-refractivity contribution in [2.24, 2.45) is 0 Å². The summed E-state index contributed by atoms with van der Waals surface area (Å²) >= 11 is 0. The van der Waals surface area contributed by atoms with Crippen LogP contribution in [-0.2, 0) is 20.8 Å². The number of nitrogens with zero attached hydrogens (tertiary/aromatic N) is 1. The average Bonchev–Trinajstić information content (AvgIpc) is 2.87. The zero-order chi connectivity index (χ0) is 23.3. The van der Waals surface area contributed by atoms with Crippen molar-refractivity contribution in [3.05, 3.63) is 83.4 Å². The molecule has 0 spiro atoms. The molecule has 8 heteroatoms. The number of hydrogen-bond acceptors (Lipinski definition) is 3. The van der Waals surface area contributed by atoms with Gasteiger partial charge in [0.15, 0.2) is 0 Å². The largest absolute Gasteiger partial charge is 0.344 e. The monoisotopic (exact) mass is 441 g/mol. The van der Waals surface area contributed by atoms with Crippen LogP contribution in [0.3, 0.4) is 0 Å². The predicted octanol–water partition coefficient (Wildman–Crippen LogP) is 2.31. The van der Waals surface area contributed by atoms with E-state index in [0.717, 1.165) is 23.8 Å². The van der Waals surface area contributed by atoms with Crippen LogP contribution in [-0.4, -0.2) is 48.3 Å². The van der Waals surface area contributed by atoms with Crippen molar-refractivity contribution in [3.63, 3.8) is 0 Å². The number of amides is 3. The van der Waals surface area contributed by atoms with Gasteiger partial charge in [0, 0.05) is 25.6 Å². The van der Waals surface area contributed by atoms with Crippen molar-refractivity contribution in [3.8, 4) is 0 Å². The van der Waals surface area contributed by atoms with Crippen molar-refractivity contribution >= 4 is 17.7 Å². The first-order valence-electron chi connectivity index (χ1n) is 10.3. The second kappa shape index (κ2) is 10.2. The highest BCUT2D eigenvalue weighted by molar-refractivity contribution is 5.93. The minimum atomic E-state index is -0.956. The van der Waals surface area contributed by atoms with E-state index in [2.05, 4.69) is 10.6 Å². The number of likely N-dealkylation sites (N-methyl/N-ethyl adjacent to an activating group) is 1. The van der Waals surface area contributed by atoms with Crippen LogP contribution in [0, 0.1) is 11.6 Å². The molecule has 0 unspecified atom stereocenters. The maximum absolute atomic E-state index is 13.3.